The van der Waals surface area contributed by atoms with Crippen LogP contribution in [0, 0.1) is 6.92 Å². The molecular weight excluding hydrogens is 250 g/mol. The van der Waals surface area contributed by atoms with Crippen LogP contribution in [0.3, 0.4) is 0 Å². The van der Waals surface area contributed by atoms with Crippen LogP contribution in [-0.2, 0) is 11.2 Å². The van der Waals surface area contributed by atoms with Crippen molar-refractivity contribution in [2.24, 2.45) is 0 Å². The van der Waals surface area contributed by atoms with Crippen LogP contribution in [0.2, 0.25) is 0 Å². The minimum atomic E-state index is -0.340. The Balaban J connectivity index is 2.02. The summed E-state index contributed by atoms with van der Waals surface area (Å²) < 4.78 is 0. The van der Waals surface area contributed by atoms with Crippen molar-refractivity contribution in [3.8, 4) is 0 Å². The highest BCUT2D eigenvalue weighted by Crippen LogP contribution is 2.22. The van der Waals surface area contributed by atoms with E-state index in [1.807, 2.05) is 30.0 Å². The Kier molecular flexibility index (Phi) is 5.18. The van der Waals surface area contributed by atoms with E-state index in [0.717, 1.165) is 31.4 Å². The van der Waals surface area contributed by atoms with E-state index in [1.165, 1.54) is 5.56 Å². The van der Waals surface area contributed by atoms with Crippen LogP contribution in [0.4, 0.5) is 0 Å². The summed E-state index contributed by atoms with van der Waals surface area (Å²) in [6.45, 7) is 4.69. The third kappa shape index (κ3) is 4.07. The molecule has 1 aliphatic rings. The van der Waals surface area contributed by atoms with Crippen LogP contribution in [0.15, 0.2) is 24.3 Å². The van der Waals surface area contributed by atoms with Crippen molar-refractivity contribution in [1.29, 1.82) is 0 Å². The lowest BCUT2D eigenvalue weighted by Gasteiger charge is -2.36. The van der Waals surface area contributed by atoms with E-state index in [9.17, 15) is 9.90 Å². The van der Waals surface area contributed by atoms with Gasteiger partial charge in [-0.1, -0.05) is 29.8 Å². The van der Waals surface area contributed by atoms with Gasteiger partial charge in [0.1, 0.15) is 0 Å². The van der Waals surface area contributed by atoms with Crippen molar-refractivity contribution in [1.82, 2.24) is 4.90 Å². The molecule has 0 bridgehead atoms. The van der Waals surface area contributed by atoms with Gasteiger partial charge in [-0.2, -0.15) is 0 Å². The first-order valence-electron chi connectivity index (χ1n) is 7.59. The lowest BCUT2D eigenvalue weighted by molar-refractivity contribution is -0.134. The molecule has 2 atom stereocenters. The van der Waals surface area contributed by atoms with Crippen molar-refractivity contribution in [2.45, 2.75) is 58.1 Å². The zero-order chi connectivity index (χ0) is 14.5. The summed E-state index contributed by atoms with van der Waals surface area (Å²) in [6.07, 6.45) is 4.08. The van der Waals surface area contributed by atoms with Crippen molar-refractivity contribution in [3.63, 3.8) is 0 Å². The molecule has 1 aromatic rings. The first-order chi connectivity index (χ1) is 9.56. The number of benzene rings is 1. The van der Waals surface area contributed by atoms with E-state index in [-0.39, 0.29) is 18.1 Å². The van der Waals surface area contributed by atoms with Gasteiger partial charge < -0.3 is 10.0 Å². The van der Waals surface area contributed by atoms with Crippen molar-refractivity contribution >= 4 is 5.91 Å². The highest BCUT2D eigenvalue weighted by molar-refractivity contribution is 5.79. The number of rotatable bonds is 4. The van der Waals surface area contributed by atoms with Gasteiger partial charge in [-0.25, -0.2) is 0 Å². The molecule has 0 spiro atoms. The number of hydrogen-bond acceptors (Lipinski definition) is 2. The average Bonchev–Trinajstić information content (AvgIpc) is 2.38. The quantitative estimate of drug-likeness (QED) is 0.918. The summed E-state index contributed by atoms with van der Waals surface area (Å²) in [4.78, 5) is 14.5. The average molecular weight is 275 g/mol. The Morgan fingerprint density at radius 3 is 2.95 bits per heavy atom. The molecule has 0 aromatic heterocycles. The molecule has 110 valence electrons. The summed E-state index contributed by atoms with van der Waals surface area (Å²) in [7, 11) is 0. The Morgan fingerprint density at radius 1 is 1.45 bits per heavy atom. The third-order valence-corrected chi connectivity index (χ3v) is 4.00. The van der Waals surface area contributed by atoms with Gasteiger partial charge >= 0.3 is 0 Å². The summed E-state index contributed by atoms with van der Waals surface area (Å²) in [6, 6.07) is 8.34. The highest BCUT2D eigenvalue weighted by atomic mass is 16.3. The van der Waals surface area contributed by atoms with Gasteiger partial charge in [0.2, 0.25) is 5.91 Å². The van der Waals surface area contributed by atoms with Crippen LogP contribution in [0.25, 0.3) is 0 Å². The van der Waals surface area contributed by atoms with Crippen molar-refractivity contribution in [3.05, 3.63) is 35.4 Å². The van der Waals surface area contributed by atoms with Crippen LogP contribution in [0.1, 0.15) is 43.7 Å². The molecule has 1 N–H and O–H groups in total. The highest BCUT2D eigenvalue weighted by Gasteiger charge is 2.27. The molecule has 3 heteroatoms. The monoisotopic (exact) mass is 275 g/mol. The molecule has 1 heterocycles. The van der Waals surface area contributed by atoms with Crippen LogP contribution in [-0.4, -0.2) is 34.6 Å². The van der Waals surface area contributed by atoms with Gasteiger partial charge in [0.25, 0.3) is 0 Å². The fraction of sp³-hybridized carbons (Fsp3) is 0.588. The van der Waals surface area contributed by atoms with Gasteiger partial charge in [0.05, 0.1) is 12.5 Å². The Bertz CT molecular complexity index is 456. The van der Waals surface area contributed by atoms with Gasteiger partial charge in [0, 0.05) is 12.6 Å². The molecule has 20 heavy (non-hydrogen) atoms. The maximum Gasteiger partial charge on any atom is 0.227 e. The van der Waals surface area contributed by atoms with E-state index in [1.54, 1.807) is 6.92 Å². The zero-order valence-corrected chi connectivity index (χ0v) is 12.5. The predicted molar refractivity (Wildman–Crippen MR) is 80.5 cm³/mol. The maximum atomic E-state index is 12.5. The molecule has 1 fully saturated rings. The second kappa shape index (κ2) is 6.89. The number of carbonyl (C=O) groups excluding carboxylic acids is 1. The smallest absolute Gasteiger partial charge is 0.227 e. The second-order valence-corrected chi connectivity index (χ2v) is 5.99. The van der Waals surface area contributed by atoms with Crippen LogP contribution in [0.5, 0.6) is 0 Å². The van der Waals surface area contributed by atoms with Crippen molar-refractivity contribution in [2.75, 3.05) is 6.54 Å². The van der Waals surface area contributed by atoms with Crippen LogP contribution < -0.4 is 0 Å². The largest absolute Gasteiger partial charge is 0.393 e. The van der Waals surface area contributed by atoms with Crippen molar-refractivity contribution < 1.29 is 9.90 Å². The van der Waals surface area contributed by atoms with Gasteiger partial charge in [-0.3, -0.25) is 4.79 Å². The first-order valence-corrected chi connectivity index (χ1v) is 7.59. The third-order valence-electron chi connectivity index (χ3n) is 4.00. The molecule has 0 aliphatic carbocycles. The molecule has 2 rings (SSSR count). The molecule has 0 saturated carbocycles. The molecular formula is C17H25NO2. The van der Waals surface area contributed by atoms with E-state index in [2.05, 4.69) is 6.07 Å². The molecule has 3 nitrogen and oxygen atoms in total. The minimum Gasteiger partial charge on any atom is -0.393 e. The molecule has 1 aromatic carbocycles. The fourth-order valence-corrected chi connectivity index (χ4v) is 3.07. The number of amides is 1. The number of nitrogens with zero attached hydrogens (tertiary/aromatic N) is 1. The number of likely N-dealkylation sites (tertiary alicyclic amines) is 1. The fourth-order valence-electron chi connectivity index (χ4n) is 3.07. The minimum absolute atomic E-state index is 0.195. The van der Waals surface area contributed by atoms with Crippen LogP contribution >= 0.6 is 0 Å². The van der Waals surface area contributed by atoms with E-state index >= 15 is 0 Å². The first kappa shape index (κ1) is 15.0. The predicted octanol–water partition coefficient (Wildman–Crippen LogP) is 2.69. The normalized spacial score (nSPS) is 20.8. The molecule has 1 saturated heterocycles. The van der Waals surface area contributed by atoms with E-state index in [4.69, 9.17) is 0 Å². The number of carbonyl (C=O) groups is 1. The second-order valence-electron chi connectivity index (χ2n) is 5.99. The standard InChI is InChI=1S/C17H25NO2/c1-13-6-5-7-15(10-13)12-17(20)18-9-4-3-8-16(18)11-14(2)19/h5-7,10,14,16,19H,3-4,8-9,11-12H2,1-2H3. The molecule has 1 aliphatic heterocycles. The summed E-state index contributed by atoms with van der Waals surface area (Å²) in [5, 5.41) is 9.59. The topological polar surface area (TPSA) is 40.5 Å². The Hall–Kier alpha value is -1.35. The van der Waals surface area contributed by atoms with Gasteiger partial charge in [-0.05, 0) is 45.1 Å². The SMILES string of the molecule is Cc1cccc(CC(=O)N2CCCCC2CC(C)O)c1. The number of aliphatic hydroxyl groups is 1. The number of aliphatic hydroxyl groups excluding tert-OH is 1. The van der Waals surface area contributed by atoms with Gasteiger partial charge in [0.15, 0.2) is 0 Å². The summed E-state index contributed by atoms with van der Waals surface area (Å²) in [5.74, 6) is 0.195. The number of aryl methyl sites for hydroxylation is 1. The Morgan fingerprint density at radius 2 is 2.25 bits per heavy atom. The summed E-state index contributed by atoms with van der Waals surface area (Å²) in [5.41, 5.74) is 2.27. The zero-order valence-electron chi connectivity index (χ0n) is 12.5. The summed E-state index contributed by atoms with van der Waals surface area (Å²) >= 11 is 0. The van der Waals surface area contributed by atoms with E-state index < -0.39 is 0 Å². The molecule has 1 amide bonds. The molecule has 0 radical (unpaired) electrons. The number of hydrogen-bond donors (Lipinski definition) is 1. The Labute approximate surface area is 121 Å². The number of piperidine rings is 1. The van der Waals surface area contributed by atoms with E-state index in [0.29, 0.717) is 12.8 Å². The van der Waals surface area contributed by atoms with Gasteiger partial charge in [-0.15, -0.1) is 0 Å². The lowest BCUT2D eigenvalue weighted by Crippen LogP contribution is -2.45. The molecule has 2 unspecified atom stereocenters. The lowest BCUT2D eigenvalue weighted by atomic mass is 9.96. The maximum absolute atomic E-state index is 12.5.